The third-order valence-electron chi connectivity index (χ3n) is 8.32. The fraction of sp³-hybridized carbons (Fsp3) is 0.375. The number of hydrogen-bond acceptors (Lipinski definition) is 9. The van der Waals surface area contributed by atoms with Gasteiger partial charge in [-0.25, -0.2) is 14.2 Å². The number of halogens is 1. The van der Waals surface area contributed by atoms with Crippen LogP contribution in [0.2, 0.25) is 0 Å². The van der Waals surface area contributed by atoms with Crippen LogP contribution in [0.1, 0.15) is 46.7 Å². The summed E-state index contributed by atoms with van der Waals surface area (Å²) in [6.07, 6.45) is 1.06. The van der Waals surface area contributed by atoms with Gasteiger partial charge in [-0.05, 0) is 43.7 Å². The highest BCUT2D eigenvalue weighted by Gasteiger charge is 2.29. The van der Waals surface area contributed by atoms with Crippen molar-refractivity contribution in [1.29, 1.82) is 5.26 Å². The predicted molar refractivity (Wildman–Crippen MR) is 159 cm³/mol. The summed E-state index contributed by atoms with van der Waals surface area (Å²) in [5, 5.41) is 18.5. The van der Waals surface area contributed by atoms with E-state index in [4.69, 9.17) is 24.5 Å². The van der Waals surface area contributed by atoms with E-state index in [0.29, 0.717) is 42.6 Å². The number of anilines is 1. The minimum Gasteiger partial charge on any atom is -0.496 e. The van der Waals surface area contributed by atoms with Crippen molar-refractivity contribution in [1.82, 2.24) is 19.4 Å². The maximum Gasteiger partial charge on any atom is 0.335 e. The van der Waals surface area contributed by atoms with E-state index >= 15 is 0 Å². The second-order valence-electron chi connectivity index (χ2n) is 11.0. The van der Waals surface area contributed by atoms with Crippen molar-refractivity contribution in [3.8, 4) is 17.7 Å². The van der Waals surface area contributed by atoms with Crippen LogP contribution in [0.4, 0.5) is 10.2 Å². The lowest BCUT2D eigenvalue weighted by Crippen LogP contribution is -2.48. The Morgan fingerprint density at radius 3 is 2.61 bits per heavy atom. The van der Waals surface area contributed by atoms with Gasteiger partial charge in [-0.3, -0.25) is 4.90 Å². The van der Waals surface area contributed by atoms with Gasteiger partial charge in [0.05, 0.1) is 54.0 Å². The Morgan fingerprint density at radius 2 is 1.95 bits per heavy atom. The normalized spacial score (nSPS) is 17.6. The van der Waals surface area contributed by atoms with Gasteiger partial charge in [0.1, 0.15) is 29.8 Å². The number of rotatable bonds is 10. The second kappa shape index (κ2) is 12.5. The Bertz CT molecular complexity index is 1720. The van der Waals surface area contributed by atoms with Crippen LogP contribution in [-0.2, 0) is 17.9 Å². The molecule has 0 radical (unpaired) electrons. The van der Waals surface area contributed by atoms with Gasteiger partial charge >= 0.3 is 5.97 Å². The summed E-state index contributed by atoms with van der Waals surface area (Å²) in [5.41, 5.74) is 2.38. The van der Waals surface area contributed by atoms with Crippen molar-refractivity contribution in [2.75, 3.05) is 44.8 Å². The molecule has 0 saturated carbocycles. The number of pyridine rings is 1. The van der Waals surface area contributed by atoms with Crippen molar-refractivity contribution in [2.24, 2.45) is 0 Å². The number of aromatic carboxylic acids is 1. The molecule has 2 saturated heterocycles. The molecule has 2 fully saturated rings. The van der Waals surface area contributed by atoms with E-state index in [1.807, 2.05) is 12.1 Å². The summed E-state index contributed by atoms with van der Waals surface area (Å²) in [5.74, 6) is 0.999. The van der Waals surface area contributed by atoms with E-state index in [-0.39, 0.29) is 29.9 Å². The number of methoxy groups -OCH3 is 1. The largest absolute Gasteiger partial charge is 0.496 e. The fourth-order valence-electron chi connectivity index (χ4n) is 5.63. The van der Waals surface area contributed by atoms with Crippen LogP contribution in [0.3, 0.4) is 0 Å². The molecule has 2 atom stereocenters. The molecule has 6 rings (SSSR count). The van der Waals surface area contributed by atoms with Crippen LogP contribution in [0, 0.1) is 17.1 Å². The van der Waals surface area contributed by atoms with Crippen molar-refractivity contribution in [3.05, 3.63) is 76.9 Å². The second-order valence-corrected chi connectivity index (χ2v) is 11.0. The number of hydrogen-bond donors (Lipinski definition) is 1. The quantitative estimate of drug-likeness (QED) is 0.280. The lowest BCUT2D eigenvalue weighted by molar-refractivity contribution is -0.0594. The number of aromatic nitrogens is 3. The van der Waals surface area contributed by atoms with Crippen molar-refractivity contribution < 1.29 is 28.5 Å². The van der Waals surface area contributed by atoms with Crippen molar-refractivity contribution in [2.45, 2.75) is 38.6 Å². The zero-order chi connectivity index (χ0) is 30.8. The summed E-state index contributed by atoms with van der Waals surface area (Å²) in [6, 6.07) is 14.8. The van der Waals surface area contributed by atoms with Crippen LogP contribution >= 0.6 is 0 Å². The maximum atomic E-state index is 14.4. The van der Waals surface area contributed by atoms with Crippen molar-refractivity contribution in [3.63, 3.8) is 0 Å². The van der Waals surface area contributed by atoms with E-state index in [9.17, 15) is 14.3 Å². The average Bonchev–Trinajstić information content (AvgIpc) is 3.39. The van der Waals surface area contributed by atoms with Gasteiger partial charge in [0.2, 0.25) is 5.88 Å². The SMILES string of the molecule is COc1cc(OCc2ccc(C#N)cc2F)nc(N2CCN([C@@H](C)c3nc4ccc(C(=O)O)cc4n3C[C@@H]3CCO3)CC2)c1. The number of carboxylic acids is 1. The Morgan fingerprint density at radius 1 is 1.16 bits per heavy atom. The molecule has 1 N–H and O–H groups in total. The first-order chi connectivity index (χ1) is 21.3. The molecule has 2 aliphatic heterocycles. The third kappa shape index (κ3) is 6.02. The molecule has 44 heavy (non-hydrogen) atoms. The molecule has 12 heteroatoms. The Labute approximate surface area is 254 Å². The minimum absolute atomic E-state index is 0.0163. The first-order valence-corrected chi connectivity index (χ1v) is 14.5. The molecule has 0 unspecified atom stereocenters. The lowest BCUT2D eigenvalue weighted by Gasteiger charge is -2.38. The molecule has 4 aromatic rings. The first-order valence-electron chi connectivity index (χ1n) is 14.5. The average molecular weight is 601 g/mol. The van der Waals surface area contributed by atoms with E-state index in [2.05, 4.69) is 26.3 Å². The summed E-state index contributed by atoms with van der Waals surface area (Å²) in [4.78, 5) is 25.8. The molecule has 11 nitrogen and oxygen atoms in total. The van der Waals surface area contributed by atoms with Crippen LogP contribution in [0.5, 0.6) is 11.6 Å². The van der Waals surface area contributed by atoms with Gasteiger partial charge in [0.15, 0.2) is 0 Å². The van der Waals surface area contributed by atoms with Gasteiger partial charge in [0, 0.05) is 50.5 Å². The van der Waals surface area contributed by atoms with Crippen LogP contribution in [0.25, 0.3) is 11.0 Å². The maximum absolute atomic E-state index is 14.4. The number of imidazole rings is 1. The number of fused-ring (bicyclic) bond motifs is 1. The Balaban J connectivity index is 1.16. The monoisotopic (exact) mass is 600 g/mol. The number of carboxylic acid groups (broad SMARTS) is 1. The Kier molecular flexibility index (Phi) is 8.32. The molecular formula is C32H33FN6O5. The summed E-state index contributed by atoms with van der Waals surface area (Å²) < 4.78 is 33.5. The number of nitrogens with zero attached hydrogens (tertiary/aromatic N) is 6. The van der Waals surface area contributed by atoms with Gasteiger partial charge in [-0.2, -0.15) is 10.2 Å². The molecule has 4 heterocycles. The first kappa shape index (κ1) is 29.3. The number of piperazine rings is 1. The standard InChI is InChI=1S/C32H33FN6O5/c1-20(31-35-27-6-5-22(32(40)41)14-28(27)39(31)18-24-7-12-43-24)37-8-10-38(11-9-37)29-15-25(42-2)16-30(36-29)44-19-23-4-3-21(17-34)13-26(23)33/h3-6,13-16,20,24H,7-12,18-19H2,1-2H3,(H,40,41)/t20-,24-/m0/s1. The zero-order valence-electron chi connectivity index (χ0n) is 24.6. The highest BCUT2D eigenvalue weighted by Crippen LogP contribution is 2.31. The third-order valence-corrected chi connectivity index (χ3v) is 8.32. The van der Waals surface area contributed by atoms with Crippen LogP contribution in [-0.4, -0.2) is 76.5 Å². The number of ether oxygens (including phenoxy) is 3. The molecule has 0 amide bonds. The lowest BCUT2D eigenvalue weighted by atomic mass is 10.1. The number of nitriles is 1. The topological polar surface area (TPSA) is 126 Å². The van der Waals surface area contributed by atoms with Gasteiger partial charge < -0.3 is 28.8 Å². The number of benzene rings is 2. The molecule has 2 aliphatic rings. The smallest absolute Gasteiger partial charge is 0.335 e. The highest BCUT2D eigenvalue weighted by molar-refractivity contribution is 5.92. The predicted octanol–water partition coefficient (Wildman–Crippen LogP) is 4.40. The van der Waals surface area contributed by atoms with Crippen molar-refractivity contribution >= 4 is 22.8 Å². The number of carbonyl (C=O) groups is 1. The molecular weight excluding hydrogens is 567 g/mol. The molecule has 2 aromatic heterocycles. The molecule has 0 spiro atoms. The van der Waals surface area contributed by atoms with E-state index in [1.54, 1.807) is 37.4 Å². The summed E-state index contributed by atoms with van der Waals surface area (Å²) in [6.45, 7) is 6.34. The highest BCUT2D eigenvalue weighted by atomic mass is 19.1. The van der Waals surface area contributed by atoms with Crippen LogP contribution in [0.15, 0.2) is 48.5 Å². The van der Waals surface area contributed by atoms with Gasteiger partial charge in [-0.1, -0.05) is 6.07 Å². The summed E-state index contributed by atoms with van der Waals surface area (Å²) >= 11 is 0. The molecule has 0 aliphatic carbocycles. The molecule has 0 bridgehead atoms. The van der Waals surface area contributed by atoms with E-state index < -0.39 is 11.8 Å². The fourth-order valence-corrected chi connectivity index (χ4v) is 5.63. The van der Waals surface area contributed by atoms with Crippen LogP contribution < -0.4 is 14.4 Å². The molecule has 2 aromatic carbocycles. The summed E-state index contributed by atoms with van der Waals surface area (Å²) in [7, 11) is 1.57. The molecule has 228 valence electrons. The van der Waals surface area contributed by atoms with Gasteiger partial charge in [0.25, 0.3) is 0 Å². The van der Waals surface area contributed by atoms with E-state index in [1.165, 1.54) is 12.1 Å². The zero-order valence-corrected chi connectivity index (χ0v) is 24.6. The Hall–Kier alpha value is -4.73. The van der Waals surface area contributed by atoms with E-state index in [0.717, 1.165) is 43.0 Å². The minimum atomic E-state index is -0.966. The van der Waals surface area contributed by atoms with Gasteiger partial charge in [-0.15, -0.1) is 0 Å².